The first-order valence-electron chi connectivity index (χ1n) is 1.82. The standard InChI is InChI=1S/C4H6O2.Al/c1-4(6)2-3-5;/h2-3,5H,1H3;/q;+1/b3-2-;. The quantitative estimate of drug-likeness (QED) is 0.217. The largest absolute Gasteiger partial charge is 0.659 e. The van der Waals surface area contributed by atoms with Gasteiger partial charge in [0, 0.05) is 0 Å². The summed E-state index contributed by atoms with van der Waals surface area (Å²) in [4.78, 5) is 8.42. The number of hydrogen-bond acceptors (Lipinski definition) is 1. The summed E-state index contributed by atoms with van der Waals surface area (Å²) in [5.41, 5.74) is 0. The van der Waals surface area contributed by atoms with E-state index in [2.05, 4.69) is 3.79 Å². The Hall–Kier alpha value is -0.258. The summed E-state index contributed by atoms with van der Waals surface area (Å²) in [6.45, 7) is 1.57. The highest BCUT2D eigenvalue weighted by molar-refractivity contribution is 5.98. The summed E-state index contributed by atoms with van der Waals surface area (Å²) in [6.07, 6.45) is 2.83. The Bertz CT molecular complexity index is 87.7. The average molecular weight is 113 g/mol. The van der Waals surface area contributed by atoms with Crippen molar-refractivity contribution in [3.63, 3.8) is 0 Å². The van der Waals surface area contributed by atoms with Crippen LogP contribution in [0.2, 0.25) is 0 Å². The van der Waals surface area contributed by atoms with E-state index in [0.717, 1.165) is 0 Å². The summed E-state index contributed by atoms with van der Waals surface area (Å²) in [5.74, 6) is 0.238. The van der Waals surface area contributed by atoms with Crippen LogP contribution in [-0.4, -0.2) is 27.2 Å². The lowest BCUT2D eigenvalue weighted by atomic mass is 10.4. The van der Waals surface area contributed by atoms with Gasteiger partial charge in [-0.15, -0.1) is 0 Å². The predicted octanol–water partition coefficient (Wildman–Crippen LogP) is 0.165. The maximum atomic E-state index is 8.42. The zero-order valence-corrected chi connectivity index (χ0v) is 5.24. The molecule has 7 heavy (non-hydrogen) atoms. The molecule has 0 saturated carbocycles. The van der Waals surface area contributed by atoms with Gasteiger partial charge in [-0.2, -0.15) is 0 Å². The van der Waals surface area contributed by atoms with Crippen molar-refractivity contribution in [1.82, 2.24) is 0 Å². The van der Waals surface area contributed by atoms with E-state index in [1.807, 2.05) is 16.6 Å². The molecule has 1 N–H and O–H groups in total. The van der Waals surface area contributed by atoms with Gasteiger partial charge >= 0.3 is 22.4 Å². The van der Waals surface area contributed by atoms with E-state index < -0.39 is 0 Å². The molecular weight excluding hydrogens is 107 g/mol. The van der Waals surface area contributed by atoms with Crippen molar-refractivity contribution < 1.29 is 8.58 Å². The molecule has 0 bridgehead atoms. The zero-order valence-electron chi connectivity index (χ0n) is 4.09. The smallest absolute Gasteiger partial charge is 0.481 e. The van der Waals surface area contributed by atoms with Crippen molar-refractivity contribution in [2.24, 2.45) is 0 Å². The fraction of sp³-hybridized carbons (Fsp3) is 0.250. The molecule has 0 aliphatic rings. The van der Waals surface area contributed by atoms with E-state index in [9.17, 15) is 0 Å². The Kier molecular flexibility index (Phi) is 3.77. The summed E-state index contributed by atoms with van der Waals surface area (Å²) in [5, 5.41) is 0. The van der Waals surface area contributed by atoms with E-state index in [4.69, 9.17) is 4.79 Å². The van der Waals surface area contributed by atoms with Gasteiger partial charge in [-0.1, -0.05) is 0 Å². The molecule has 2 radical (unpaired) electrons. The van der Waals surface area contributed by atoms with Crippen molar-refractivity contribution in [1.29, 1.82) is 0 Å². The molecule has 36 valence electrons. The Morgan fingerprint density at radius 3 is 2.57 bits per heavy atom. The third kappa shape index (κ3) is 5.74. The van der Waals surface area contributed by atoms with E-state index in [1.165, 1.54) is 12.3 Å². The second kappa shape index (κ2) is 3.92. The van der Waals surface area contributed by atoms with Crippen molar-refractivity contribution in [2.45, 2.75) is 6.92 Å². The Balaban J connectivity index is 3.26. The molecule has 0 heterocycles. The van der Waals surface area contributed by atoms with Crippen molar-refractivity contribution in [2.75, 3.05) is 0 Å². The second-order valence-corrected chi connectivity index (χ2v) is 1.35. The van der Waals surface area contributed by atoms with Gasteiger partial charge in [0.1, 0.15) is 0 Å². The van der Waals surface area contributed by atoms with Crippen LogP contribution < -0.4 is 0 Å². The van der Waals surface area contributed by atoms with Gasteiger partial charge < -0.3 is 3.79 Å². The van der Waals surface area contributed by atoms with Crippen molar-refractivity contribution in [3.8, 4) is 0 Å². The van der Waals surface area contributed by atoms with Crippen LogP contribution in [0.1, 0.15) is 6.92 Å². The fourth-order valence-corrected chi connectivity index (χ4v) is 0.216. The van der Waals surface area contributed by atoms with Gasteiger partial charge in [0.05, 0.1) is 19.3 Å². The number of hydrogen-bond donors (Lipinski definition) is 0. The lowest BCUT2D eigenvalue weighted by Crippen LogP contribution is -1.81. The average Bonchev–Trinajstić information content (AvgIpc) is 1.61. The van der Waals surface area contributed by atoms with Crippen LogP contribution in [0.4, 0.5) is 0 Å². The van der Waals surface area contributed by atoms with Crippen LogP contribution in [-0.2, 0) is 3.79 Å². The van der Waals surface area contributed by atoms with Crippen molar-refractivity contribution >= 4 is 22.4 Å². The predicted molar refractivity (Wildman–Crippen MR) is 28.6 cm³/mol. The van der Waals surface area contributed by atoms with Gasteiger partial charge in [-0.3, -0.25) is 4.79 Å². The molecule has 0 spiro atoms. The highest BCUT2D eigenvalue weighted by Crippen LogP contribution is 1.71. The number of carbonyl (C=O) groups excluding carboxylic acids is 1. The molecule has 0 rings (SSSR count). The highest BCUT2D eigenvalue weighted by atomic mass is 27.1. The first kappa shape index (κ1) is 6.74. The normalized spacial score (nSPS) is 9.29. The van der Waals surface area contributed by atoms with Crippen LogP contribution >= 0.6 is 0 Å². The van der Waals surface area contributed by atoms with E-state index in [1.54, 1.807) is 6.92 Å². The minimum Gasteiger partial charge on any atom is -0.659 e. The first-order chi connectivity index (χ1) is 3.27. The Morgan fingerprint density at radius 2 is 2.43 bits per heavy atom. The number of ketones is 1. The molecule has 0 atom stereocenters. The summed E-state index contributed by atoms with van der Waals surface area (Å²) in [7, 11) is 0. The first-order valence-corrected chi connectivity index (χ1v) is 2.29. The van der Waals surface area contributed by atoms with E-state index in [0.29, 0.717) is 0 Å². The molecule has 0 aromatic carbocycles. The lowest BCUT2D eigenvalue weighted by Gasteiger charge is -1.81. The molecule has 0 aliphatic carbocycles. The third-order valence-corrected chi connectivity index (χ3v) is 0.545. The van der Waals surface area contributed by atoms with Gasteiger partial charge in [0.25, 0.3) is 0 Å². The van der Waals surface area contributed by atoms with Crippen LogP contribution in [0.3, 0.4) is 0 Å². The van der Waals surface area contributed by atoms with Gasteiger partial charge in [-0.25, -0.2) is 0 Å². The van der Waals surface area contributed by atoms with Crippen LogP contribution in [0.5, 0.6) is 0 Å². The highest BCUT2D eigenvalue weighted by Gasteiger charge is 1.84. The van der Waals surface area contributed by atoms with Gasteiger partial charge in [0.15, 0.2) is 0 Å². The number of allylic oxidation sites excluding steroid dienone is 1. The maximum Gasteiger partial charge on any atom is 0.481 e. The van der Waals surface area contributed by atoms with Crippen LogP contribution in [0, 0.1) is 0 Å². The Morgan fingerprint density at radius 1 is 1.86 bits per heavy atom. The number of rotatable bonds is 2. The molecule has 2 nitrogen and oxygen atoms in total. The molecule has 0 fully saturated rings. The zero-order chi connectivity index (χ0) is 5.70. The van der Waals surface area contributed by atoms with Crippen LogP contribution in [0.15, 0.2) is 12.3 Å². The summed E-state index contributed by atoms with van der Waals surface area (Å²) < 4.78 is 4.41. The molecule has 0 aromatic rings. The van der Waals surface area contributed by atoms with Crippen LogP contribution in [0.25, 0.3) is 0 Å². The lowest BCUT2D eigenvalue weighted by molar-refractivity contribution is 0.534. The molecule has 3 heteroatoms. The van der Waals surface area contributed by atoms with Crippen molar-refractivity contribution in [3.05, 3.63) is 12.3 Å². The van der Waals surface area contributed by atoms with Gasteiger partial charge in [0.2, 0.25) is 0 Å². The van der Waals surface area contributed by atoms with E-state index >= 15 is 0 Å². The second-order valence-electron chi connectivity index (χ2n) is 1.08. The molecule has 0 unspecified atom stereocenters. The monoisotopic (exact) mass is 113 g/mol. The summed E-state index contributed by atoms with van der Waals surface area (Å²) >= 11 is 2.03. The van der Waals surface area contributed by atoms with E-state index in [-0.39, 0.29) is 5.78 Å². The third-order valence-electron chi connectivity index (χ3n) is 0.388. The molecule has 0 aromatic heterocycles. The minimum atomic E-state index is 0.238. The molecule has 0 aliphatic heterocycles. The molecule has 0 amide bonds. The van der Waals surface area contributed by atoms with Gasteiger partial charge in [-0.05, 0) is 0 Å². The minimum absolute atomic E-state index is 0.238. The SMILES string of the molecule is CC(=[OH+])/C=C\[O][Al]. The molecular formula is C4H6AlO2+. The Labute approximate surface area is 50.9 Å². The summed E-state index contributed by atoms with van der Waals surface area (Å²) in [6, 6.07) is 0. The molecule has 0 saturated heterocycles. The maximum absolute atomic E-state index is 8.42. The fourth-order valence-electron chi connectivity index (χ4n) is 0.138. The topological polar surface area (TPSA) is 30.6 Å².